The molecule has 154 valence electrons. The van der Waals surface area contributed by atoms with Crippen molar-refractivity contribution in [3.05, 3.63) is 17.5 Å². The van der Waals surface area contributed by atoms with Crippen LogP contribution in [0.25, 0.3) is 0 Å². The highest BCUT2D eigenvalue weighted by molar-refractivity contribution is 14.0. The fraction of sp³-hybridized carbons (Fsp3) is 0.722. The molecule has 1 saturated heterocycles. The predicted molar refractivity (Wildman–Crippen MR) is 117 cm³/mol. The molecule has 0 bridgehead atoms. The van der Waals surface area contributed by atoms with Crippen molar-refractivity contribution in [3.63, 3.8) is 0 Å². The van der Waals surface area contributed by atoms with Crippen LogP contribution in [0, 0.1) is 12.3 Å². The number of hydrogen-bond acceptors (Lipinski definition) is 5. The molecule has 0 aromatic carbocycles. The molecule has 0 aliphatic carbocycles. The number of amides is 1. The van der Waals surface area contributed by atoms with Crippen LogP contribution in [0.2, 0.25) is 0 Å². The summed E-state index contributed by atoms with van der Waals surface area (Å²) in [6.45, 7) is 13.5. The maximum atomic E-state index is 12.0. The van der Waals surface area contributed by atoms with Gasteiger partial charge in [0.15, 0.2) is 5.96 Å². The molecule has 1 aromatic rings. The largest absolute Gasteiger partial charge is 0.361 e. The Balaban J connectivity index is 0.00000364. The monoisotopic (exact) mass is 492 g/mol. The average molecular weight is 492 g/mol. The molecule has 0 saturated carbocycles. The first-order chi connectivity index (χ1) is 12.4. The molecule has 1 amide bonds. The SMILES string of the molecule is CCNC(=NCC(C)(C)C(=O)NC)N1CCN(Cc2cc(C)on2)CC1.I. The van der Waals surface area contributed by atoms with Crippen molar-refractivity contribution in [1.29, 1.82) is 0 Å². The first-order valence-corrected chi connectivity index (χ1v) is 9.25. The van der Waals surface area contributed by atoms with Crippen molar-refractivity contribution in [2.45, 2.75) is 34.2 Å². The molecule has 27 heavy (non-hydrogen) atoms. The molecular formula is C18H33IN6O2. The molecule has 1 fully saturated rings. The molecule has 1 aliphatic heterocycles. The highest BCUT2D eigenvalue weighted by Gasteiger charge is 2.27. The third-order valence-corrected chi connectivity index (χ3v) is 4.53. The molecule has 0 spiro atoms. The minimum absolute atomic E-state index is 0. The molecule has 1 aliphatic rings. The summed E-state index contributed by atoms with van der Waals surface area (Å²) in [5, 5.41) is 10.1. The van der Waals surface area contributed by atoms with Crippen molar-refractivity contribution in [2.24, 2.45) is 10.4 Å². The molecule has 8 nitrogen and oxygen atoms in total. The first-order valence-electron chi connectivity index (χ1n) is 9.25. The van der Waals surface area contributed by atoms with Crippen molar-refractivity contribution < 1.29 is 9.32 Å². The summed E-state index contributed by atoms with van der Waals surface area (Å²) in [6, 6.07) is 1.98. The molecule has 2 rings (SSSR count). The highest BCUT2D eigenvalue weighted by Crippen LogP contribution is 2.16. The Bertz CT molecular complexity index is 623. The van der Waals surface area contributed by atoms with Gasteiger partial charge in [-0.1, -0.05) is 5.16 Å². The third kappa shape index (κ3) is 6.95. The van der Waals surface area contributed by atoms with Gasteiger partial charge >= 0.3 is 0 Å². The Morgan fingerprint density at radius 2 is 2.00 bits per heavy atom. The maximum absolute atomic E-state index is 12.0. The van der Waals surface area contributed by atoms with Gasteiger partial charge in [-0.05, 0) is 27.7 Å². The number of nitrogens with one attached hydrogen (secondary N) is 2. The normalized spacial score (nSPS) is 16.0. The van der Waals surface area contributed by atoms with Gasteiger partial charge in [0.05, 0.1) is 17.7 Å². The summed E-state index contributed by atoms with van der Waals surface area (Å²) in [5.74, 6) is 1.73. The van der Waals surface area contributed by atoms with Crippen LogP contribution in [0.3, 0.4) is 0 Å². The molecule has 1 aromatic heterocycles. The number of nitrogens with zero attached hydrogens (tertiary/aromatic N) is 4. The van der Waals surface area contributed by atoms with E-state index in [2.05, 4.69) is 32.5 Å². The molecule has 0 unspecified atom stereocenters. The van der Waals surface area contributed by atoms with Crippen LogP contribution < -0.4 is 10.6 Å². The number of aryl methyl sites for hydroxylation is 1. The smallest absolute Gasteiger partial charge is 0.227 e. The van der Waals surface area contributed by atoms with Crippen molar-refractivity contribution >= 4 is 35.8 Å². The van der Waals surface area contributed by atoms with Crippen LogP contribution in [-0.2, 0) is 11.3 Å². The van der Waals surface area contributed by atoms with E-state index >= 15 is 0 Å². The van der Waals surface area contributed by atoms with Crippen molar-refractivity contribution in [3.8, 4) is 0 Å². The van der Waals surface area contributed by atoms with Gasteiger partial charge in [-0.3, -0.25) is 14.7 Å². The lowest BCUT2D eigenvalue weighted by Gasteiger charge is -2.36. The molecule has 9 heteroatoms. The van der Waals surface area contributed by atoms with Gasteiger partial charge < -0.3 is 20.1 Å². The Hall–Kier alpha value is -1.36. The van der Waals surface area contributed by atoms with E-state index in [1.54, 1.807) is 7.05 Å². The van der Waals surface area contributed by atoms with E-state index in [4.69, 9.17) is 9.52 Å². The number of guanidine groups is 1. The van der Waals surface area contributed by atoms with E-state index in [0.29, 0.717) is 6.54 Å². The van der Waals surface area contributed by atoms with Crippen LogP contribution in [0.15, 0.2) is 15.6 Å². The van der Waals surface area contributed by atoms with Gasteiger partial charge in [0.25, 0.3) is 0 Å². The first kappa shape index (κ1) is 23.7. The number of carbonyl (C=O) groups excluding carboxylic acids is 1. The van der Waals surface area contributed by atoms with Gasteiger partial charge in [-0.2, -0.15) is 0 Å². The summed E-state index contributed by atoms with van der Waals surface area (Å²) in [4.78, 5) is 21.3. The highest BCUT2D eigenvalue weighted by atomic mass is 127. The van der Waals surface area contributed by atoms with E-state index in [9.17, 15) is 4.79 Å². The van der Waals surface area contributed by atoms with Crippen LogP contribution in [0.1, 0.15) is 32.2 Å². The fourth-order valence-electron chi connectivity index (χ4n) is 2.95. The topological polar surface area (TPSA) is 86.0 Å². The summed E-state index contributed by atoms with van der Waals surface area (Å²) in [5.41, 5.74) is 0.450. The Morgan fingerprint density at radius 3 is 2.52 bits per heavy atom. The lowest BCUT2D eigenvalue weighted by molar-refractivity contribution is -0.128. The van der Waals surface area contributed by atoms with Crippen molar-refractivity contribution in [2.75, 3.05) is 46.3 Å². The van der Waals surface area contributed by atoms with E-state index < -0.39 is 5.41 Å². The standard InChI is InChI=1S/C18H32N6O2.HI/c1-6-20-17(21-13-18(3,4)16(25)19-5)24-9-7-23(8-10-24)12-15-11-14(2)26-22-15;/h11H,6-10,12-13H2,1-5H3,(H,19,25)(H,20,21);1H. The van der Waals surface area contributed by atoms with E-state index in [1.165, 1.54) is 0 Å². The Labute approximate surface area is 179 Å². The molecule has 0 atom stereocenters. The van der Waals surface area contributed by atoms with Crippen LogP contribution in [0.5, 0.6) is 0 Å². The van der Waals surface area contributed by atoms with Gasteiger partial charge in [-0.15, -0.1) is 24.0 Å². The number of hydrogen-bond donors (Lipinski definition) is 2. The van der Waals surface area contributed by atoms with Gasteiger partial charge in [0.2, 0.25) is 5.91 Å². The second-order valence-corrected chi connectivity index (χ2v) is 7.33. The lowest BCUT2D eigenvalue weighted by atomic mass is 9.93. The van der Waals surface area contributed by atoms with Crippen molar-refractivity contribution in [1.82, 2.24) is 25.6 Å². The van der Waals surface area contributed by atoms with E-state index in [1.807, 2.05) is 26.8 Å². The number of piperazine rings is 1. The van der Waals surface area contributed by atoms with Gasteiger partial charge in [0, 0.05) is 52.4 Å². The van der Waals surface area contributed by atoms with E-state index in [0.717, 1.165) is 56.7 Å². The van der Waals surface area contributed by atoms with Crippen LogP contribution >= 0.6 is 24.0 Å². The van der Waals surface area contributed by atoms with Gasteiger partial charge in [0.1, 0.15) is 5.76 Å². The summed E-state index contributed by atoms with van der Waals surface area (Å²) in [7, 11) is 1.66. The fourth-order valence-corrected chi connectivity index (χ4v) is 2.95. The summed E-state index contributed by atoms with van der Waals surface area (Å²) < 4.78 is 5.14. The van der Waals surface area contributed by atoms with Crippen LogP contribution in [-0.4, -0.2) is 73.1 Å². The number of rotatable bonds is 6. The lowest BCUT2D eigenvalue weighted by Crippen LogP contribution is -2.52. The maximum Gasteiger partial charge on any atom is 0.227 e. The molecular weight excluding hydrogens is 459 g/mol. The average Bonchev–Trinajstić information content (AvgIpc) is 3.03. The Morgan fingerprint density at radius 1 is 1.33 bits per heavy atom. The van der Waals surface area contributed by atoms with Crippen LogP contribution in [0.4, 0.5) is 0 Å². The minimum Gasteiger partial charge on any atom is -0.361 e. The third-order valence-electron chi connectivity index (χ3n) is 4.53. The van der Waals surface area contributed by atoms with Gasteiger partial charge in [-0.25, -0.2) is 0 Å². The summed E-state index contributed by atoms with van der Waals surface area (Å²) >= 11 is 0. The summed E-state index contributed by atoms with van der Waals surface area (Å²) in [6.07, 6.45) is 0. The zero-order chi connectivity index (χ0) is 19.2. The van der Waals surface area contributed by atoms with E-state index in [-0.39, 0.29) is 29.9 Å². The molecule has 2 heterocycles. The number of halogens is 1. The number of aromatic nitrogens is 1. The predicted octanol–water partition coefficient (Wildman–Crippen LogP) is 1.46. The zero-order valence-electron chi connectivity index (χ0n) is 17.0. The quantitative estimate of drug-likeness (QED) is 0.356. The Kier molecular flexibility index (Phi) is 9.51. The number of aliphatic imine (C=N–C) groups is 1. The molecule has 2 N–H and O–H groups in total. The second-order valence-electron chi connectivity index (χ2n) is 7.33. The zero-order valence-corrected chi connectivity index (χ0v) is 19.4. The number of carbonyl (C=O) groups is 1. The minimum atomic E-state index is -0.526. The second kappa shape index (κ2) is 10.8. The molecule has 0 radical (unpaired) electrons.